The molecule has 1 aliphatic carbocycles. The number of allylic oxidation sites excluding steroid dienone is 2. The number of hydrogen-bond donors (Lipinski definition) is 2. The minimum Gasteiger partial charge on any atom is -0.423 e. The van der Waals surface area contributed by atoms with E-state index in [9.17, 15) is 19.2 Å². The minimum absolute atomic E-state index is 0.0883. The number of benzene rings is 2. The lowest BCUT2D eigenvalue weighted by molar-refractivity contribution is -0.137. The Bertz CT molecular complexity index is 1510. The second kappa shape index (κ2) is 15.8. The first-order valence-electron chi connectivity index (χ1n) is 15.6. The molecule has 1 fully saturated rings. The zero-order valence-corrected chi connectivity index (χ0v) is 28.2. The summed E-state index contributed by atoms with van der Waals surface area (Å²) in [6.07, 6.45) is 6.44. The Morgan fingerprint density at radius 1 is 0.804 bits per heavy atom. The lowest BCUT2D eigenvalue weighted by atomic mass is 9.81. The molecular weight excluding hydrogens is 584 g/mol. The van der Waals surface area contributed by atoms with Gasteiger partial charge in [-0.3, -0.25) is 9.59 Å². The van der Waals surface area contributed by atoms with Crippen LogP contribution in [0.15, 0.2) is 48.0 Å². The Morgan fingerprint density at radius 2 is 1.28 bits per heavy atom. The SMILES string of the molecule is CC(C)C(N)C(=O)Oc1cc(/C=C/C(=O)C2CCC/C(=C\c3ccc(N(C)C)c(OC(=O)C(N)C(C)C)c3)C2=O)ccc1N(C)C. The van der Waals surface area contributed by atoms with E-state index in [1.54, 1.807) is 30.4 Å². The fraction of sp³-hybridized carbons (Fsp3) is 0.444. The molecule has 4 N–H and O–H groups in total. The number of carbonyl (C=O) groups is 4. The van der Waals surface area contributed by atoms with Crippen molar-refractivity contribution in [3.05, 3.63) is 59.2 Å². The van der Waals surface area contributed by atoms with Gasteiger partial charge in [-0.15, -0.1) is 0 Å². The third-order valence-electron chi connectivity index (χ3n) is 8.03. The number of nitrogens with zero attached hydrogens (tertiary/aromatic N) is 2. The highest BCUT2D eigenvalue weighted by Gasteiger charge is 2.31. The molecule has 1 saturated carbocycles. The molecule has 0 aliphatic heterocycles. The van der Waals surface area contributed by atoms with E-state index < -0.39 is 29.9 Å². The van der Waals surface area contributed by atoms with Gasteiger partial charge in [0.1, 0.15) is 12.1 Å². The Kier molecular flexibility index (Phi) is 12.4. The van der Waals surface area contributed by atoms with Gasteiger partial charge in [-0.2, -0.15) is 0 Å². The van der Waals surface area contributed by atoms with Crippen LogP contribution in [0.3, 0.4) is 0 Å². The molecule has 10 nitrogen and oxygen atoms in total. The topological polar surface area (TPSA) is 145 Å². The van der Waals surface area contributed by atoms with E-state index in [4.69, 9.17) is 20.9 Å². The summed E-state index contributed by atoms with van der Waals surface area (Å²) in [6.45, 7) is 7.38. The summed E-state index contributed by atoms with van der Waals surface area (Å²) in [5.41, 5.74) is 15.2. The molecule has 3 unspecified atom stereocenters. The summed E-state index contributed by atoms with van der Waals surface area (Å²) in [5, 5.41) is 0. The normalized spacial score (nSPS) is 17.3. The van der Waals surface area contributed by atoms with Crippen molar-refractivity contribution in [2.75, 3.05) is 38.0 Å². The Balaban J connectivity index is 1.82. The average Bonchev–Trinajstić information content (AvgIpc) is 2.99. The first-order valence-corrected chi connectivity index (χ1v) is 15.6. The first-order chi connectivity index (χ1) is 21.6. The number of esters is 2. The highest BCUT2D eigenvalue weighted by molar-refractivity contribution is 6.16. The zero-order valence-electron chi connectivity index (χ0n) is 28.2. The summed E-state index contributed by atoms with van der Waals surface area (Å²) in [6, 6.07) is 9.11. The van der Waals surface area contributed by atoms with Crippen LogP contribution in [0.25, 0.3) is 12.2 Å². The van der Waals surface area contributed by atoms with Gasteiger partial charge in [0.05, 0.1) is 17.3 Å². The van der Waals surface area contributed by atoms with E-state index in [0.717, 1.165) is 0 Å². The summed E-state index contributed by atoms with van der Waals surface area (Å²) in [5.74, 6) is -1.90. The molecule has 0 heterocycles. The summed E-state index contributed by atoms with van der Waals surface area (Å²) >= 11 is 0. The molecule has 0 spiro atoms. The van der Waals surface area contributed by atoms with Gasteiger partial charge in [0.25, 0.3) is 0 Å². The van der Waals surface area contributed by atoms with Gasteiger partial charge in [-0.05, 0) is 84.2 Å². The number of Topliss-reactive ketones (excluding diaryl/α,β-unsaturated/α-hetero) is 1. The van der Waals surface area contributed by atoms with Crippen LogP contribution in [0.4, 0.5) is 11.4 Å². The van der Waals surface area contributed by atoms with Crippen molar-refractivity contribution in [3.63, 3.8) is 0 Å². The Morgan fingerprint density at radius 3 is 1.76 bits per heavy atom. The zero-order chi connectivity index (χ0) is 34.3. The minimum atomic E-state index is -0.805. The predicted octanol–water partition coefficient (Wildman–Crippen LogP) is 4.63. The molecule has 0 bridgehead atoms. The maximum atomic E-state index is 13.5. The van der Waals surface area contributed by atoms with Crippen molar-refractivity contribution in [1.29, 1.82) is 0 Å². The number of ketones is 2. The lowest BCUT2D eigenvalue weighted by Gasteiger charge is -2.22. The van der Waals surface area contributed by atoms with E-state index >= 15 is 0 Å². The highest BCUT2D eigenvalue weighted by Crippen LogP contribution is 2.33. The molecule has 0 aromatic heterocycles. The molecule has 0 radical (unpaired) electrons. The monoisotopic (exact) mass is 632 g/mol. The molecule has 46 heavy (non-hydrogen) atoms. The number of nitrogens with two attached hydrogens (primary N) is 2. The number of ether oxygens (including phenoxy) is 2. The summed E-state index contributed by atoms with van der Waals surface area (Å²) in [4.78, 5) is 55.6. The van der Waals surface area contributed by atoms with Crippen molar-refractivity contribution in [3.8, 4) is 11.5 Å². The van der Waals surface area contributed by atoms with E-state index in [-0.39, 0.29) is 23.4 Å². The van der Waals surface area contributed by atoms with Gasteiger partial charge >= 0.3 is 11.9 Å². The Labute approximate surface area is 272 Å². The van der Waals surface area contributed by atoms with Crippen LogP contribution in [0, 0.1) is 17.8 Å². The van der Waals surface area contributed by atoms with Crippen LogP contribution in [-0.2, 0) is 19.2 Å². The largest absolute Gasteiger partial charge is 0.423 e. The van der Waals surface area contributed by atoms with Crippen LogP contribution in [-0.4, -0.2) is 63.8 Å². The highest BCUT2D eigenvalue weighted by atomic mass is 16.5. The van der Waals surface area contributed by atoms with Crippen molar-refractivity contribution in [1.82, 2.24) is 0 Å². The summed E-state index contributed by atoms with van der Waals surface area (Å²) in [7, 11) is 7.35. The van der Waals surface area contributed by atoms with Crippen molar-refractivity contribution in [2.45, 2.75) is 59.0 Å². The molecule has 0 amide bonds. The quantitative estimate of drug-likeness (QED) is 0.147. The van der Waals surface area contributed by atoms with E-state index in [0.29, 0.717) is 58.8 Å². The van der Waals surface area contributed by atoms with Gasteiger partial charge in [0.15, 0.2) is 23.1 Å². The van der Waals surface area contributed by atoms with Crippen LogP contribution in [0.2, 0.25) is 0 Å². The maximum Gasteiger partial charge on any atom is 0.328 e. The maximum absolute atomic E-state index is 13.5. The van der Waals surface area contributed by atoms with Crippen LogP contribution in [0.1, 0.15) is 58.1 Å². The smallest absolute Gasteiger partial charge is 0.328 e. The number of rotatable bonds is 12. The third kappa shape index (κ3) is 9.14. The predicted molar refractivity (Wildman–Crippen MR) is 183 cm³/mol. The van der Waals surface area contributed by atoms with E-state index in [1.807, 2.05) is 83.9 Å². The number of hydrogen-bond acceptors (Lipinski definition) is 10. The fourth-order valence-corrected chi connectivity index (χ4v) is 4.94. The molecule has 1 aliphatic rings. The number of anilines is 2. The van der Waals surface area contributed by atoms with Crippen LogP contribution < -0.4 is 30.7 Å². The van der Waals surface area contributed by atoms with Gasteiger partial charge in [0.2, 0.25) is 0 Å². The van der Waals surface area contributed by atoms with Gasteiger partial charge < -0.3 is 30.7 Å². The van der Waals surface area contributed by atoms with Gasteiger partial charge in [-0.25, -0.2) is 9.59 Å². The van der Waals surface area contributed by atoms with E-state index in [2.05, 4.69) is 0 Å². The molecule has 0 saturated heterocycles. The molecule has 2 aromatic carbocycles. The lowest BCUT2D eigenvalue weighted by Crippen LogP contribution is -2.38. The summed E-state index contributed by atoms with van der Waals surface area (Å²) < 4.78 is 11.3. The second-order valence-electron chi connectivity index (χ2n) is 12.8. The van der Waals surface area contributed by atoms with Gasteiger partial charge in [0, 0.05) is 28.2 Å². The third-order valence-corrected chi connectivity index (χ3v) is 8.03. The fourth-order valence-electron chi connectivity index (χ4n) is 4.94. The van der Waals surface area contributed by atoms with Crippen LogP contribution in [0.5, 0.6) is 11.5 Å². The standard InChI is InChI=1S/C36H48N4O6/c1-21(2)32(37)35(43)45-30-19-23(12-15-27(30)39(5)6)14-17-29(41)26-11-9-10-25(34(26)42)18-24-13-16-28(40(7)8)31(20-24)46-36(44)33(38)22(3)4/h12-22,26,32-33H,9-11,37-38H2,1-8H3/b17-14+,25-18+. The molecule has 10 heteroatoms. The average molecular weight is 633 g/mol. The molecule has 2 aromatic rings. The van der Waals surface area contributed by atoms with Crippen molar-refractivity contribution in [2.24, 2.45) is 29.2 Å². The molecular formula is C36H48N4O6. The van der Waals surface area contributed by atoms with Crippen molar-refractivity contribution >= 4 is 47.0 Å². The molecule has 248 valence electrons. The second-order valence-corrected chi connectivity index (χ2v) is 12.8. The first kappa shape index (κ1) is 36.2. The number of carbonyl (C=O) groups excluding carboxylic acids is 4. The Hall–Kier alpha value is -4.28. The van der Waals surface area contributed by atoms with E-state index in [1.165, 1.54) is 6.08 Å². The van der Waals surface area contributed by atoms with Gasteiger partial charge in [-0.1, -0.05) is 45.9 Å². The molecule has 3 rings (SSSR count). The van der Waals surface area contributed by atoms with Crippen LogP contribution >= 0.6 is 0 Å². The molecule has 3 atom stereocenters. The van der Waals surface area contributed by atoms with Crippen molar-refractivity contribution < 1.29 is 28.7 Å².